The van der Waals surface area contributed by atoms with Gasteiger partial charge >= 0.3 is 0 Å². The fraction of sp³-hybridized carbons (Fsp3) is 0.222. The van der Waals surface area contributed by atoms with Gasteiger partial charge in [0.2, 0.25) is 0 Å². The highest BCUT2D eigenvalue weighted by Crippen LogP contribution is 2.26. The highest BCUT2D eigenvalue weighted by molar-refractivity contribution is 6.42. The zero-order valence-corrected chi connectivity index (χ0v) is 9.02. The minimum absolute atomic E-state index is 0.306. The molecule has 0 fully saturated rings. The van der Waals surface area contributed by atoms with Crippen molar-refractivity contribution in [2.45, 2.75) is 12.5 Å². The maximum Gasteiger partial charge on any atom is 0.157 e. The number of hydrogen-bond donors (Lipinski definition) is 1. The quantitative estimate of drug-likeness (QED) is 0.794. The first-order valence-corrected chi connectivity index (χ1v) is 4.63. The first-order chi connectivity index (χ1) is 6.35. The van der Waals surface area contributed by atoms with Crippen LogP contribution in [-0.4, -0.2) is 5.97 Å². The monoisotopic (exact) mass is 233 g/mol. The fourth-order valence-electron chi connectivity index (χ4n) is 0.957. The number of quaternary nitrogens is 1. The predicted molar refractivity (Wildman–Crippen MR) is 51.7 cm³/mol. The number of carboxylic acid groups (broad SMARTS) is 1. The molecule has 1 aromatic rings. The van der Waals surface area contributed by atoms with E-state index in [-0.39, 0.29) is 0 Å². The van der Waals surface area contributed by atoms with Gasteiger partial charge in [-0.1, -0.05) is 29.3 Å². The zero-order chi connectivity index (χ0) is 10.9. The predicted octanol–water partition coefficient (Wildman–Crippen LogP) is 0.200. The van der Waals surface area contributed by atoms with Gasteiger partial charge in [0.05, 0.1) is 10.0 Å². The SMILES string of the molecule is C[C@@]([NH3+])(C(=O)[O-])c1ccc(Cl)c(Cl)c1. The van der Waals surface area contributed by atoms with E-state index in [2.05, 4.69) is 5.73 Å². The van der Waals surface area contributed by atoms with Crippen molar-refractivity contribution in [2.24, 2.45) is 0 Å². The van der Waals surface area contributed by atoms with E-state index in [1.165, 1.54) is 19.1 Å². The van der Waals surface area contributed by atoms with E-state index >= 15 is 0 Å². The molecule has 14 heavy (non-hydrogen) atoms. The Morgan fingerprint density at radius 3 is 2.43 bits per heavy atom. The lowest BCUT2D eigenvalue weighted by Crippen LogP contribution is -2.75. The van der Waals surface area contributed by atoms with E-state index in [1.807, 2.05) is 0 Å². The van der Waals surface area contributed by atoms with E-state index in [0.29, 0.717) is 15.6 Å². The molecular formula is C9H9Cl2NO2. The Kier molecular flexibility index (Phi) is 3.04. The lowest BCUT2D eigenvalue weighted by atomic mass is 9.94. The summed E-state index contributed by atoms with van der Waals surface area (Å²) in [6.45, 7) is 1.45. The van der Waals surface area contributed by atoms with Gasteiger partial charge < -0.3 is 15.6 Å². The molecule has 3 N–H and O–H groups in total. The molecule has 1 rings (SSSR count). The fourth-order valence-corrected chi connectivity index (χ4v) is 1.26. The van der Waals surface area contributed by atoms with Crippen LogP contribution in [0.2, 0.25) is 10.0 Å². The second kappa shape index (κ2) is 3.77. The van der Waals surface area contributed by atoms with E-state index in [0.717, 1.165) is 0 Å². The van der Waals surface area contributed by atoms with E-state index in [9.17, 15) is 9.90 Å². The number of carboxylic acids is 1. The number of rotatable bonds is 2. The Morgan fingerprint density at radius 1 is 1.43 bits per heavy atom. The number of halogens is 2. The Morgan fingerprint density at radius 2 is 2.00 bits per heavy atom. The minimum atomic E-state index is -1.31. The molecule has 0 spiro atoms. The molecule has 3 nitrogen and oxygen atoms in total. The van der Waals surface area contributed by atoms with Gasteiger partial charge in [-0.05, 0) is 12.1 Å². The number of benzene rings is 1. The van der Waals surface area contributed by atoms with Gasteiger partial charge in [-0.15, -0.1) is 0 Å². The van der Waals surface area contributed by atoms with Crippen LogP contribution in [-0.2, 0) is 10.3 Å². The summed E-state index contributed by atoms with van der Waals surface area (Å²) in [5.74, 6) is -1.25. The third-order valence-corrected chi connectivity index (χ3v) is 2.75. The first-order valence-electron chi connectivity index (χ1n) is 3.88. The van der Waals surface area contributed by atoms with Crippen LogP contribution >= 0.6 is 23.2 Å². The Balaban J connectivity index is 3.21. The van der Waals surface area contributed by atoms with Crippen LogP contribution in [0.25, 0.3) is 0 Å². The molecule has 0 saturated heterocycles. The van der Waals surface area contributed by atoms with Crippen molar-refractivity contribution in [1.29, 1.82) is 0 Å². The molecule has 0 bridgehead atoms. The molecule has 0 amide bonds. The molecule has 76 valence electrons. The molecule has 0 aliphatic heterocycles. The molecule has 0 aromatic heterocycles. The van der Waals surface area contributed by atoms with Gasteiger partial charge in [-0.25, -0.2) is 0 Å². The molecule has 0 unspecified atom stereocenters. The molecule has 0 heterocycles. The maximum absolute atomic E-state index is 10.8. The molecular weight excluding hydrogens is 225 g/mol. The maximum atomic E-state index is 10.8. The normalized spacial score (nSPS) is 14.9. The zero-order valence-electron chi connectivity index (χ0n) is 7.51. The first kappa shape index (κ1) is 11.3. The largest absolute Gasteiger partial charge is 0.543 e. The van der Waals surface area contributed by atoms with Crippen molar-refractivity contribution in [2.75, 3.05) is 0 Å². The highest BCUT2D eigenvalue weighted by atomic mass is 35.5. The van der Waals surface area contributed by atoms with Gasteiger partial charge in [0.25, 0.3) is 0 Å². The van der Waals surface area contributed by atoms with E-state index in [4.69, 9.17) is 23.2 Å². The minimum Gasteiger partial charge on any atom is -0.543 e. The second-order valence-corrected chi connectivity index (χ2v) is 4.06. The lowest BCUT2D eigenvalue weighted by molar-refractivity contribution is -0.489. The Hall–Kier alpha value is -0.770. The molecule has 0 aliphatic carbocycles. The van der Waals surface area contributed by atoms with Crippen LogP contribution < -0.4 is 10.8 Å². The van der Waals surface area contributed by atoms with Crippen molar-refractivity contribution in [3.63, 3.8) is 0 Å². The van der Waals surface area contributed by atoms with Crippen LogP contribution in [0.4, 0.5) is 0 Å². The molecule has 0 saturated carbocycles. The lowest BCUT2D eigenvalue weighted by Gasteiger charge is -2.22. The summed E-state index contributed by atoms with van der Waals surface area (Å²) in [7, 11) is 0. The molecule has 1 aromatic carbocycles. The Bertz CT molecular complexity index is 377. The summed E-state index contributed by atoms with van der Waals surface area (Å²) in [5, 5.41) is 11.5. The molecule has 5 heteroatoms. The average molecular weight is 234 g/mol. The van der Waals surface area contributed by atoms with Crippen LogP contribution in [0.1, 0.15) is 12.5 Å². The van der Waals surface area contributed by atoms with Crippen molar-refractivity contribution in [3.8, 4) is 0 Å². The number of carbonyl (C=O) groups is 1. The van der Waals surface area contributed by atoms with E-state index < -0.39 is 11.5 Å². The molecule has 1 atom stereocenters. The highest BCUT2D eigenvalue weighted by Gasteiger charge is 2.27. The summed E-state index contributed by atoms with van der Waals surface area (Å²) in [6.07, 6.45) is 0. The van der Waals surface area contributed by atoms with Crippen molar-refractivity contribution in [1.82, 2.24) is 0 Å². The standard InChI is InChI=1S/C9H9Cl2NO2/c1-9(12,8(13)14)5-2-3-6(10)7(11)4-5/h2-4H,12H2,1H3,(H,13,14)/t9-/m0/s1. The van der Waals surface area contributed by atoms with Gasteiger partial charge in [-0.2, -0.15) is 0 Å². The van der Waals surface area contributed by atoms with Gasteiger partial charge in [0.15, 0.2) is 5.54 Å². The third kappa shape index (κ3) is 2.00. The average Bonchev–Trinajstić information content (AvgIpc) is 2.09. The van der Waals surface area contributed by atoms with Crippen LogP contribution in [0.15, 0.2) is 18.2 Å². The Labute approximate surface area is 91.4 Å². The molecule has 0 aliphatic rings. The number of hydrogen-bond acceptors (Lipinski definition) is 2. The van der Waals surface area contributed by atoms with Crippen molar-refractivity contribution >= 4 is 29.2 Å². The van der Waals surface area contributed by atoms with E-state index in [1.54, 1.807) is 6.07 Å². The summed E-state index contributed by atoms with van der Waals surface area (Å²) >= 11 is 11.4. The van der Waals surface area contributed by atoms with Gasteiger partial charge in [0.1, 0.15) is 5.97 Å². The summed E-state index contributed by atoms with van der Waals surface area (Å²) in [4.78, 5) is 10.8. The van der Waals surface area contributed by atoms with Gasteiger partial charge in [-0.3, -0.25) is 0 Å². The summed E-state index contributed by atoms with van der Waals surface area (Å²) in [6, 6.07) is 4.58. The third-order valence-electron chi connectivity index (χ3n) is 2.01. The van der Waals surface area contributed by atoms with Crippen molar-refractivity contribution < 1.29 is 15.6 Å². The number of aliphatic carboxylic acids is 1. The van der Waals surface area contributed by atoms with Crippen LogP contribution in [0.5, 0.6) is 0 Å². The summed E-state index contributed by atoms with van der Waals surface area (Å²) < 4.78 is 0. The van der Waals surface area contributed by atoms with Crippen LogP contribution in [0.3, 0.4) is 0 Å². The topological polar surface area (TPSA) is 67.8 Å². The molecule has 0 radical (unpaired) electrons. The van der Waals surface area contributed by atoms with Crippen molar-refractivity contribution in [3.05, 3.63) is 33.8 Å². The van der Waals surface area contributed by atoms with Crippen LogP contribution in [0, 0.1) is 0 Å². The smallest absolute Gasteiger partial charge is 0.157 e. The number of carbonyl (C=O) groups excluding carboxylic acids is 1. The van der Waals surface area contributed by atoms with Gasteiger partial charge in [0, 0.05) is 12.5 Å². The summed E-state index contributed by atoms with van der Waals surface area (Å²) in [5.41, 5.74) is 2.70. The second-order valence-electron chi connectivity index (χ2n) is 3.25.